The SMILES string of the molecule is CCCCC1CC[C@@H]2C[C@H](c3ccc(-c4cc(F)c(Cl)c(F)c4)c(F)c3)CC[C@@H]2C1. The average molecular weight is 435 g/mol. The molecule has 0 amide bonds. The van der Waals surface area contributed by atoms with Crippen LogP contribution in [0.15, 0.2) is 30.3 Å². The van der Waals surface area contributed by atoms with Crippen molar-refractivity contribution in [2.24, 2.45) is 17.8 Å². The maximum Gasteiger partial charge on any atom is 0.145 e. The highest BCUT2D eigenvalue weighted by atomic mass is 35.5. The first-order chi connectivity index (χ1) is 14.5. The van der Waals surface area contributed by atoms with E-state index in [4.69, 9.17) is 11.6 Å². The summed E-state index contributed by atoms with van der Waals surface area (Å²) in [5, 5.41) is -0.558. The first-order valence-corrected chi connectivity index (χ1v) is 11.8. The molecule has 2 aromatic carbocycles. The molecular formula is C26H30ClF3. The third-order valence-electron chi connectivity index (χ3n) is 7.45. The molecule has 2 aromatic rings. The Morgan fingerprint density at radius 3 is 2.27 bits per heavy atom. The first-order valence-electron chi connectivity index (χ1n) is 11.4. The monoisotopic (exact) mass is 434 g/mol. The van der Waals surface area contributed by atoms with Gasteiger partial charge in [0, 0.05) is 5.56 Å². The molecule has 0 radical (unpaired) electrons. The number of unbranched alkanes of at least 4 members (excludes halogenated alkanes) is 1. The lowest BCUT2D eigenvalue weighted by atomic mass is 9.63. The second-order valence-corrected chi connectivity index (χ2v) is 9.72. The summed E-state index contributed by atoms with van der Waals surface area (Å²) in [5.74, 6) is 0.690. The van der Waals surface area contributed by atoms with E-state index in [-0.39, 0.29) is 11.1 Å². The predicted octanol–water partition coefficient (Wildman–Crippen LogP) is 8.91. The molecule has 0 saturated heterocycles. The summed E-state index contributed by atoms with van der Waals surface area (Å²) >= 11 is 5.55. The van der Waals surface area contributed by atoms with Crippen LogP contribution >= 0.6 is 11.6 Å². The van der Waals surface area contributed by atoms with Crippen molar-refractivity contribution in [3.63, 3.8) is 0 Å². The standard InChI is InChI=1S/C26H30ClF3/c1-2-3-4-16-5-6-18-12-19(8-7-17(18)11-16)20-9-10-22(23(28)13-20)21-14-24(29)26(27)25(30)15-21/h9-10,13-19H,2-8,11-12H2,1H3/t16?,17-,18-,19-/m1/s1. The summed E-state index contributed by atoms with van der Waals surface area (Å²) < 4.78 is 42.5. The fraction of sp³-hybridized carbons (Fsp3) is 0.538. The molecule has 0 nitrogen and oxygen atoms in total. The van der Waals surface area contributed by atoms with Gasteiger partial charge in [-0.25, -0.2) is 13.2 Å². The van der Waals surface area contributed by atoms with Gasteiger partial charge in [0.1, 0.15) is 22.5 Å². The van der Waals surface area contributed by atoms with Crippen LogP contribution in [0.25, 0.3) is 11.1 Å². The van der Waals surface area contributed by atoms with Crippen molar-refractivity contribution < 1.29 is 13.2 Å². The zero-order valence-corrected chi connectivity index (χ0v) is 18.3. The van der Waals surface area contributed by atoms with Crippen LogP contribution in [-0.4, -0.2) is 0 Å². The summed E-state index contributed by atoms with van der Waals surface area (Å²) in [5.41, 5.74) is 1.39. The van der Waals surface area contributed by atoms with Gasteiger partial charge < -0.3 is 0 Å². The summed E-state index contributed by atoms with van der Waals surface area (Å²) in [6, 6.07) is 7.33. The van der Waals surface area contributed by atoms with Crippen molar-refractivity contribution in [1.82, 2.24) is 0 Å². The number of hydrogen-bond donors (Lipinski definition) is 0. The molecular weight excluding hydrogens is 405 g/mol. The molecule has 2 aliphatic carbocycles. The highest BCUT2D eigenvalue weighted by Gasteiger charge is 2.35. The van der Waals surface area contributed by atoms with E-state index in [1.54, 1.807) is 12.1 Å². The smallest absolute Gasteiger partial charge is 0.145 e. The molecule has 0 aromatic heterocycles. The number of hydrogen-bond acceptors (Lipinski definition) is 0. The van der Waals surface area contributed by atoms with Gasteiger partial charge >= 0.3 is 0 Å². The third-order valence-corrected chi connectivity index (χ3v) is 7.81. The topological polar surface area (TPSA) is 0 Å². The molecule has 0 spiro atoms. The number of rotatable bonds is 5. The molecule has 0 N–H and O–H groups in total. The summed E-state index contributed by atoms with van der Waals surface area (Å²) in [6.07, 6.45) is 11.5. The van der Waals surface area contributed by atoms with Crippen molar-refractivity contribution in [2.45, 2.75) is 70.6 Å². The number of benzene rings is 2. The van der Waals surface area contributed by atoms with E-state index in [2.05, 4.69) is 6.92 Å². The van der Waals surface area contributed by atoms with Crippen LogP contribution in [0.5, 0.6) is 0 Å². The van der Waals surface area contributed by atoms with Crippen molar-refractivity contribution >= 4 is 11.6 Å². The zero-order valence-electron chi connectivity index (χ0n) is 17.6. The minimum absolute atomic E-state index is 0.174. The average Bonchev–Trinajstić information content (AvgIpc) is 2.75. The van der Waals surface area contributed by atoms with Gasteiger partial charge in [0.25, 0.3) is 0 Å². The molecule has 2 fully saturated rings. The molecule has 1 unspecified atom stereocenters. The maximum absolute atomic E-state index is 14.9. The summed E-state index contributed by atoms with van der Waals surface area (Å²) in [7, 11) is 0. The first kappa shape index (κ1) is 21.7. The van der Waals surface area contributed by atoms with Crippen molar-refractivity contribution in [2.75, 3.05) is 0 Å². The lowest BCUT2D eigenvalue weighted by molar-refractivity contribution is 0.113. The van der Waals surface area contributed by atoms with Gasteiger partial charge in [0.05, 0.1) is 0 Å². The number of fused-ring (bicyclic) bond motifs is 1. The van der Waals surface area contributed by atoms with Crippen molar-refractivity contribution in [1.29, 1.82) is 0 Å². The fourth-order valence-corrected chi connectivity index (χ4v) is 5.88. The van der Waals surface area contributed by atoms with E-state index < -0.39 is 22.5 Å². The van der Waals surface area contributed by atoms with E-state index >= 15 is 0 Å². The Labute approximate surface area is 182 Å². The third kappa shape index (κ3) is 4.56. The minimum atomic E-state index is -0.872. The van der Waals surface area contributed by atoms with E-state index in [1.807, 2.05) is 6.07 Å². The second-order valence-electron chi connectivity index (χ2n) is 9.34. The Balaban J connectivity index is 1.46. The zero-order chi connectivity index (χ0) is 21.3. The summed E-state index contributed by atoms with van der Waals surface area (Å²) in [4.78, 5) is 0. The van der Waals surface area contributed by atoms with Gasteiger partial charge in [-0.3, -0.25) is 0 Å². The van der Waals surface area contributed by atoms with Gasteiger partial charge in [-0.15, -0.1) is 0 Å². The van der Waals surface area contributed by atoms with Crippen molar-refractivity contribution in [3.05, 3.63) is 58.4 Å². The molecule has 30 heavy (non-hydrogen) atoms. The minimum Gasteiger partial charge on any atom is -0.206 e. The van der Waals surface area contributed by atoms with Crippen molar-refractivity contribution in [3.8, 4) is 11.1 Å². The summed E-state index contributed by atoms with van der Waals surface area (Å²) in [6.45, 7) is 2.27. The highest BCUT2D eigenvalue weighted by molar-refractivity contribution is 6.31. The molecule has 0 aliphatic heterocycles. The molecule has 4 rings (SSSR count). The molecule has 162 valence electrons. The Morgan fingerprint density at radius 1 is 0.867 bits per heavy atom. The number of halogens is 4. The van der Waals surface area contributed by atoms with E-state index in [0.717, 1.165) is 48.3 Å². The fourth-order valence-electron chi connectivity index (χ4n) is 5.77. The Morgan fingerprint density at radius 2 is 1.57 bits per heavy atom. The van der Waals surface area contributed by atoms with Crippen LogP contribution in [0.3, 0.4) is 0 Å². The Hall–Kier alpha value is -1.48. The van der Waals surface area contributed by atoms with E-state index in [0.29, 0.717) is 5.92 Å². The molecule has 0 bridgehead atoms. The Bertz CT molecular complexity index is 871. The van der Waals surface area contributed by atoms with Gasteiger partial charge in [-0.1, -0.05) is 56.3 Å². The quantitative estimate of drug-likeness (QED) is 0.412. The van der Waals surface area contributed by atoms with Gasteiger partial charge in [-0.2, -0.15) is 0 Å². The Kier molecular flexibility index (Phi) is 6.77. The second kappa shape index (κ2) is 9.34. The molecule has 0 heterocycles. The van der Waals surface area contributed by atoms with Crippen LogP contribution in [0.2, 0.25) is 5.02 Å². The van der Waals surface area contributed by atoms with Crippen LogP contribution in [0.4, 0.5) is 13.2 Å². The van der Waals surface area contributed by atoms with E-state index in [1.165, 1.54) is 44.9 Å². The lowest BCUT2D eigenvalue weighted by Gasteiger charge is -2.42. The van der Waals surface area contributed by atoms with Crippen LogP contribution in [0, 0.1) is 35.2 Å². The van der Waals surface area contributed by atoms with Crippen LogP contribution in [-0.2, 0) is 0 Å². The van der Waals surface area contributed by atoms with Gasteiger partial charge in [0.15, 0.2) is 0 Å². The molecule has 2 saturated carbocycles. The van der Waals surface area contributed by atoms with Gasteiger partial charge in [0.2, 0.25) is 0 Å². The predicted molar refractivity (Wildman–Crippen MR) is 117 cm³/mol. The molecule has 4 atom stereocenters. The largest absolute Gasteiger partial charge is 0.206 e. The van der Waals surface area contributed by atoms with E-state index in [9.17, 15) is 13.2 Å². The van der Waals surface area contributed by atoms with Crippen LogP contribution < -0.4 is 0 Å². The lowest BCUT2D eigenvalue weighted by Crippen LogP contribution is -2.30. The molecule has 2 aliphatic rings. The maximum atomic E-state index is 14.9. The highest BCUT2D eigenvalue weighted by Crippen LogP contribution is 2.48. The molecule has 4 heteroatoms. The van der Waals surface area contributed by atoms with Crippen LogP contribution in [0.1, 0.15) is 76.2 Å². The normalized spacial score (nSPS) is 26.4. The van der Waals surface area contributed by atoms with Gasteiger partial charge in [-0.05, 0) is 85.1 Å².